The van der Waals surface area contributed by atoms with E-state index in [1.54, 1.807) is 12.1 Å². The van der Waals surface area contributed by atoms with E-state index in [4.69, 9.17) is 13.9 Å². The number of benzene rings is 2. The Morgan fingerprint density at radius 3 is 2.30 bits per heavy atom. The summed E-state index contributed by atoms with van der Waals surface area (Å²) in [4.78, 5) is 12.8. The van der Waals surface area contributed by atoms with Crippen LogP contribution in [0.1, 0.15) is 6.92 Å². The fraction of sp³-hybridized carbons (Fsp3) is 0.286. The summed E-state index contributed by atoms with van der Waals surface area (Å²) in [6.45, 7) is 1.50. The summed E-state index contributed by atoms with van der Waals surface area (Å²) in [5, 5.41) is 49.4. The van der Waals surface area contributed by atoms with Gasteiger partial charge in [-0.2, -0.15) is 0 Å². The first-order valence-electron chi connectivity index (χ1n) is 9.21. The Hall–Kier alpha value is -3.11. The Balaban J connectivity index is 1.76. The zero-order valence-corrected chi connectivity index (χ0v) is 15.8. The van der Waals surface area contributed by atoms with Gasteiger partial charge in [-0.1, -0.05) is 0 Å². The molecule has 0 bridgehead atoms. The zero-order valence-electron chi connectivity index (χ0n) is 15.8. The van der Waals surface area contributed by atoms with E-state index in [0.29, 0.717) is 5.56 Å². The molecule has 9 heteroatoms. The van der Waals surface area contributed by atoms with Gasteiger partial charge in [0.1, 0.15) is 52.3 Å². The number of ether oxygens (including phenoxy) is 2. The standard InChI is InChI=1S/C21H20O9/c1-9-18(25)19(26)20(27)21(28-9)30-16-7-12(23)6-15-17(16)13(24)8-14(29-15)10-2-4-11(22)5-3-10/h2-9,18-23,25-27H,1H3/t9-,18-,19+,20+,21+/m0/s1. The van der Waals surface area contributed by atoms with E-state index < -0.39 is 36.1 Å². The second kappa shape index (κ2) is 7.62. The average Bonchev–Trinajstić information content (AvgIpc) is 2.70. The van der Waals surface area contributed by atoms with Crippen LogP contribution in [0.3, 0.4) is 0 Å². The lowest BCUT2D eigenvalue weighted by atomic mass is 10.00. The molecule has 2 heterocycles. The smallest absolute Gasteiger partial charge is 0.229 e. The minimum Gasteiger partial charge on any atom is -0.508 e. The first kappa shape index (κ1) is 20.2. The van der Waals surface area contributed by atoms with Gasteiger partial charge in [-0.25, -0.2) is 0 Å². The second-order valence-corrected chi connectivity index (χ2v) is 7.14. The van der Waals surface area contributed by atoms with Crippen molar-refractivity contribution in [3.05, 3.63) is 52.7 Å². The Bertz CT molecular complexity index is 1120. The molecule has 1 fully saturated rings. The summed E-state index contributed by atoms with van der Waals surface area (Å²) in [5.41, 5.74) is 0.0855. The maximum Gasteiger partial charge on any atom is 0.229 e. The molecule has 5 atom stereocenters. The highest BCUT2D eigenvalue weighted by molar-refractivity contribution is 5.86. The minimum absolute atomic E-state index is 0.000562. The van der Waals surface area contributed by atoms with Crippen molar-refractivity contribution < 1.29 is 39.4 Å². The van der Waals surface area contributed by atoms with Gasteiger partial charge in [-0.15, -0.1) is 0 Å². The van der Waals surface area contributed by atoms with Crippen molar-refractivity contribution in [1.29, 1.82) is 0 Å². The number of fused-ring (bicyclic) bond motifs is 1. The second-order valence-electron chi connectivity index (χ2n) is 7.14. The number of rotatable bonds is 3. The molecule has 4 rings (SSSR count). The molecular formula is C21H20O9. The normalized spacial score (nSPS) is 26.6. The summed E-state index contributed by atoms with van der Waals surface area (Å²) in [7, 11) is 0. The van der Waals surface area contributed by atoms with Crippen molar-refractivity contribution in [1.82, 2.24) is 0 Å². The zero-order chi connectivity index (χ0) is 21.6. The fourth-order valence-electron chi connectivity index (χ4n) is 3.34. The van der Waals surface area contributed by atoms with Crippen molar-refractivity contribution in [3.63, 3.8) is 0 Å². The van der Waals surface area contributed by atoms with Crippen molar-refractivity contribution in [2.45, 2.75) is 37.6 Å². The molecule has 9 nitrogen and oxygen atoms in total. The van der Waals surface area contributed by atoms with Crippen LogP contribution in [0.15, 0.2) is 51.7 Å². The van der Waals surface area contributed by atoms with Crippen LogP contribution in [0.5, 0.6) is 17.2 Å². The molecule has 3 aromatic rings. The monoisotopic (exact) mass is 416 g/mol. The number of aromatic hydroxyl groups is 2. The third-order valence-corrected chi connectivity index (χ3v) is 4.98. The molecule has 0 radical (unpaired) electrons. The van der Waals surface area contributed by atoms with Gasteiger partial charge in [0.25, 0.3) is 0 Å². The number of hydrogen-bond donors (Lipinski definition) is 5. The van der Waals surface area contributed by atoms with Gasteiger partial charge in [-0.05, 0) is 31.2 Å². The minimum atomic E-state index is -1.59. The summed E-state index contributed by atoms with van der Waals surface area (Å²) in [6, 6.07) is 9.67. The molecule has 158 valence electrons. The van der Waals surface area contributed by atoms with Gasteiger partial charge in [0.05, 0.1) is 6.10 Å². The van der Waals surface area contributed by atoms with E-state index in [-0.39, 0.29) is 34.0 Å². The van der Waals surface area contributed by atoms with Crippen molar-refractivity contribution in [3.8, 4) is 28.6 Å². The molecule has 1 aliphatic heterocycles. The molecule has 1 aliphatic rings. The SMILES string of the molecule is C[C@@H]1O[C@H](Oc2cc(O)cc3oc(-c4ccc(O)cc4)cc(=O)c23)[C@H](O)[C@H](O)[C@H]1O. The van der Waals surface area contributed by atoms with Gasteiger partial charge in [-0.3, -0.25) is 4.79 Å². The highest BCUT2D eigenvalue weighted by atomic mass is 16.7. The van der Waals surface area contributed by atoms with Crippen LogP contribution in [0.25, 0.3) is 22.3 Å². The summed E-state index contributed by atoms with van der Waals surface area (Å²) >= 11 is 0. The van der Waals surface area contributed by atoms with Gasteiger partial charge < -0.3 is 39.4 Å². The number of aliphatic hydroxyl groups is 3. The van der Waals surface area contributed by atoms with Crippen LogP contribution in [-0.4, -0.2) is 56.2 Å². The van der Waals surface area contributed by atoms with Crippen LogP contribution < -0.4 is 10.2 Å². The van der Waals surface area contributed by atoms with Gasteiger partial charge >= 0.3 is 0 Å². The lowest BCUT2D eigenvalue weighted by Gasteiger charge is -2.38. The van der Waals surface area contributed by atoms with Crippen molar-refractivity contribution in [2.75, 3.05) is 0 Å². The first-order valence-corrected chi connectivity index (χ1v) is 9.21. The number of phenols is 2. The molecule has 2 aromatic carbocycles. The molecule has 0 spiro atoms. The summed E-state index contributed by atoms with van der Waals surface area (Å²) < 4.78 is 16.7. The van der Waals surface area contributed by atoms with E-state index >= 15 is 0 Å². The van der Waals surface area contributed by atoms with E-state index in [1.165, 1.54) is 31.2 Å². The number of aliphatic hydroxyl groups excluding tert-OH is 3. The van der Waals surface area contributed by atoms with Crippen LogP contribution >= 0.6 is 0 Å². The third kappa shape index (κ3) is 3.59. The summed E-state index contributed by atoms with van der Waals surface area (Å²) in [6.07, 6.45) is -6.63. The third-order valence-electron chi connectivity index (χ3n) is 4.98. The maximum atomic E-state index is 12.8. The van der Waals surface area contributed by atoms with Crippen molar-refractivity contribution in [2.24, 2.45) is 0 Å². The average molecular weight is 416 g/mol. The Labute approximate surface area is 170 Å². The van der Waals surface area contributed by atoms with Crippen molar-refractivity contribution >= 4 is 11.0 Å². The lowest BCUT2D eigenvalue weighted by Crippen LogP contribution is -2.58. The molecule has 1 aromatic heterocycles. The summed E-state index contributed by atoms with van der Waals surface area (Å²) in [5.74, 6) is -0.105. The van der Waals surface area contributed by atoms with E-state index in [9.17, 15) is 30.3 Å². The van der Waals surface area contributed by atoms with E-state index in [1.807, 2.05) is 0 Å². The molecule has 0 unspecified atom stereocenters. The topological polar surface area (TPSA) is 150 Å². The lowest BCUT2D eigenvalue weighted by molar-refractivity contribution is -0.267. The molecule has 0 amide bonds. The van der Waals surface area contributed by atoms with Gasteiger partial charge in [0.2, 0.25) is 6.29 Å². The highest BCUT2D eigenvalue weighted by Gasteiger charge is 2.43. The molecular weight excluding hydrogens is 396 g/mol. The van der Waals surface area contributed by atoms with E-state index in [0.717, 1.165) is 6.07 Å². The Morgan fingerprint density at radius 2 is 1.60 bits per heavy atom. The number of hydrogen-bond acceptors (Lipinski definition) is 9. The molecule has 1 saturated heterocycles. The predicted octanol–water partition coefficient (Wildman–Crippen LogP) is 1.08. The van der Waals surface area contributed by atoms with Crippen LogP contribution in [-0.2, 0) is 4.74 Å². The highest BCUT2D eigenvalue weighted by Crippen LogP contribution is 2.34. The quantitative estimate of drug-likeness (QED) is 0.423. The largest absolute Gasteiger partial charge is 0.508 e. The molecule has 30 heavy (non-hydrogen) atoms. The van der Waals surface area contributed by atoms with Crippen LogP contribution in [0, 0.1) is 0 Å². The predicted molar refractivity (Wildman–Crippen MR) is 104 cm³/mol. The Morgan fingerprint density at radius 1 is 0.900 bits per heavy atom. The van der Waals surface area contributed by atoms with Crippen LogP contribution in [0.4, 0.5) is 0 Å². The van der Waals surface area contributed by atoms with Gasteiger partial charge in [0, 0.05) is 23.8 Å². The molecule has 0 saturated carbocycles. The molecule has 0 aliphatic carbocycles. The fourth-order valence-corrected chi connectivity index (χ4v) is 3.34. The van der Waals surface area contributed by atoms with E-state index in [2.05, 4.69) is 0 Å². The Kier molecular flexibility index (Phi) is 5.12. The molecule has 5 N–H and O–H groups in total. The number of phenolic OH excluding ortho intramolecular Hbond substituents is 2. The van der Waals surface area contributed by atoms with Gasteiger partial charge in [0.15, 0.2) is 5.43 Å². The maximum absolute atomic E-state index is 12.8. The van der Waals surface area contributed by atoms with Crippen LogP contribution in [0.2, 0.25) is 0 Å². The first-order chi connectivity index (χ1) is 14.2.